The molecule has 1 aliphatic rings. The van der Waals surface area contributed by atoms with E-state index < -0.39 is 5.41 Å². The van der Waals surface area contributed by atoms with Crippen LogP contribution in [0.15, 0.2) is 24.3 Å². The van der Waals surface area contributed by atoms with Crippen LogP contribution in [0, 0.1) is 5.92 Å². The molecule has 2 atom stereocenters. The first-order chi connectivity index (χ1) is 9.00. The molecule has 1 aliphatic carbocycles. The molecule has 0 saturated heterocycles. The lowest BCUT2D eigenvalue weighted by molar-refractivity contribution is -0.146. The Morgan fingerprint density at radius 1 is 1.53 bits per heavy atom. The number of carbonyl (C=O) groups is 1. The highest BCUT2D eigenvalue weighted by atomic mass is 35.5. The zero-order valence-corrected chi connectivity index (χ0v) is 12.4. The first kappa shape index (κ1) is 14.4. The van der Waals surface area contributed by atoms with E-state index in [0.717, 1.165) is 18.5 Å². The van der Waals surface area contributed by atoms with Gasteiger partial charge in [-0.2, -0.15) is 0 Å². The molecule has 3 nitrogen and oxygen atoms in total. The number of halogens is 1. The van der Waals surface area contributed by atoms with Gasteiger partial charge in [0.1, 0.15) is 0 Å². The van der Waals surface area contributed by atoms with Crippen molar-refractivity contribution in [1.29, 1.82) is 0 Å². The minimum atomic E-state index is -0.495. The van der Waals surface area contributed by atoms with Gasteiger partial charge in [-0.25, -0.2) is 0 Å². The third-order valence-corrected chi connectivity index (χ3v) is 3.91. The van der Waals surface area contributed by atoms with E-state index in [-0.39, 0.29) is 5.97 Å². The third-order valence-electron chi connectivity index (χ3n) is 3.67. The summed E-state index contributed by atoms with van der Waals surface area (Å²) in [5.41, 5.74) is 0.482. The molecule has 1 fully saturated rings. The van der Waals surface area contributed by atoms with Gasteiger partial charge in [0.05, 0.1) is 12.0 Å². The predicted molar refractivity (Wildman–Crippen MR) is 76.4 cm³/mol. The standard InChI is InChI=1S/C15H20ClNO2/c1-4-19-14(18)15(9-12(15)10-17(2)3)11-6-5-7-13(16)8-11/h5-8,12H,4,9-10H2,1-3H3. The van der Waals surface area contributed by atoms with Crippen molar-refractivity contribution in [2.45, 2.75) is 18.8 Å². The highest BCUT2D eigenvalue weighted by Gasteiger charge is 2.62. The van der Waals surface area contributed by atoms with Gasteiger partial charge in [0, 0.05) is 11.6 Å². The normalized spacial score (nSPS) is 25.4. The molecule has 0 aromatic heterocycles. The third kappa shape index (κ3) is 2.77. The van der Waals surface area contributed by atoms with Crippen molar-refractivity contribution in [3.63, 3.8) is 0 Å². The lowest BCUT2D eigenvalue weighted by Gasteiger charge is -2.18. The van der Waals surface area contributed by atoms with Crippen molar-refractivity contribution >= 4 is 17.6 Å². The maximum Gasteiger partial charge on any atom is 0.316 e. The number of benzene rings is 1. The van der Waals surface area contributed by atoms with Crippen LogP contribution in [0.3, 0.4) is 0 Å². The Hall–Kier alpha value is -1.06. The molecule has 0 N–H and O–H groups in total. The summed E-state index contributed by atoms with van der Waals surface area (Å²) in [4.78, 5) is 14.5. The molecule has 2 unspecified atom stereocenters. The molecule has 0 aliphatic heterocycles. The van der Waals surface area contributed by atoms with Crippen LogP contribution in [-0.4, -0.2) is 38.1 Å². The van der Waals surface area contributed by atoms with Gasteiger partial charge in [0.25, 0.3) is 0 Å². The molecule has 0 radical (unpaired) electrons. The highest BCUT2D eigenvalue weighted by Crippen LogP contribution is 2.55. The summed E-state index contributed by atoms with van der Waals surface area (Å²) in [6, 6.07) is 7.57. The molecular formula is C15H20ClNO2. The minimum Gasteiger partial charge on any atom is -0.465 e. The monoisotopic (exact) mass is 281 g/mol. The maximum absolute atomic E-state index is 12.3. The molecule has 0 amide bonds. The molecule has 2 rings (SSSR count). The first-order valence-electron chi connectivity index (χ1n) is 6.58. The number of hydrogen-bond acceptors (Lipinski definition) is 3. The van der Waals surface area contributed by atoms with Crippen LogP contribution in [0.4, 0.5) is 0 Å². The van der Waals surface area contributed by atoms with E-state index in [1.807, 2.05) is 45.3 Å². The van der Waals surface area contributed by atoms with E-state index in [9.17, 15) is 4.79 Å². The van der Waals surface area contributed by atoms with Gasteiger partial charge >= 0.3 is 5.97 Å². The van der Waals surface area contributed by atoms with Crippen molar-refractivity contribution in [3.05, 3.63) is 34.9 Å². The van der Waals surface area contributed by atoms with Crippen LogP contribution in [0.1, 0.15) is 18.9 Å². The van der Waals surface area contributed by atoms with Crippen LogP contribution in [0.2, 0.25) is 5.02 Å². The fraction of sp³-hybridized carbons (Fsp3) is 0.533. The zero-order valence-electron chi connectivity index (χ0n) is 11.6. The Morgan fingerprint density at radius 3 is 2.84 bits per heavy atom. The van der Waals surface area contributed by atoms with Gasteiger partial charge in [-0.15, -0.1) is 0 Å². The Bertz CT molecular complexity index is 475. The molecule has 0 bridgehead atoms. The van der Waals surface area contributed by atoms with Crippen molar-refractivity contribution in [2.75, 3.05) is 27.2 Å². The summed E-state index contributed by atoms with van der Waals surface area (Å²) in [6.07, 6.45) is 0.838. The number of carbonyl (C=O) groups excluding carboxylic acids is 1. The summed E-state index contributed by atoms with van der Waals surface area (Å²) in [7, 11) is 4.04. The number of rotatable bonds is 5. The Balaban J connectivity index is 2.29. The van der Waals surface area contributed by atoms with Crippen LogP contribution in [0.5, 0.6) is 0 Å². The predicted octanol–water partition coefficient (Wildman–Crippen LogP) is 2.72. The van der Waals surface area contributed by atoms with Gasteiger partial charge in [0.2, 0.25) is 0 Å². The largest absolute Gasteiger partial charge is 0.465 e. The summed E-state index contributed by atoms with van der Waals surface area (Å²) < 4.78 is 5.27. The maximum atomic E-state index is 12.3. The molecule has 1 aromatic rings. The second-order valence-corrected chi connectivity index (χ2v) is 5.80. The molecular weight excluding hydrogens is 262 g/mol. The van der Waals surface area contributed by atoms with Crippen LogP contribution in [0.25, 0.3) is 0 Å². The second-order valence-electron chi connectivity index (χ2n) is 5.37. The Kier molecular flexibility index (Phi) is 4.16. The first-order valence-corrected chi connectivity index (χ1v) is 6.96. The van der Waals surface area contributed by atoms with Crippen LogP contribution in [-0.2, 0) is 14.9 Å². The highest BCUT2D eigenvalue weighted by molar-refractivity contribution is 6.30. The lowest BCUT2D eigenvalue weighted by Crippen LogP contribution is -2.29. The van der Waals surface area contributed by atoms with Gasteiger partial charge in [0.15, 0.2) is 0 Å². The average molecular weight is 282 g/mol. The average Bonchev–Trinajstić information content (AvgIpc) is 3.04. The van der Waals surface area contributed by atoms with Gasteiger partial charge < -0.3 is 9.64 Å². The number of esters is 1. The van der Waals surface area contributed by atoms with E-state index in [1.165, 1.54) is 0 Å². The molecule has 19 heavy (non-hydrogen) atoms. The minimum absolute atomic E-state index is 0.121. The van der Waals surface area contributed by atoms with Crippen molar-refractivity contribution in [2.24, 2.45) is 5.92 Å². The number of ether oxygens (including phenoxy) is 1. The second kappa shape index (κ2) is 5.51. The van der Waals surface area contributed by atoms with E-state index in [0.29, 0.717) is 17.5 Å². The number of hydrogen-bond donors (Lipinski definition) is 0. The van der Waals surface area contributed by atoms with Gasteiger partial charge in [-0.05, 0) is 51.1 Å². The van der Waals surface area contributed by atoms with Crippen molar-refractivity contribution in [1.82, 2.24) is 4.90 Å². The Labute approximate surface area is 119 Å². The summed E-state index contributed by atoms with van der Waals surface area (Å²) >= 11 is 6.05. The van der Waals surface area contributed by atoms with Crippen LogP contribution < -0.4 is 0 Å². The van der Waals surface area contributed by atoms with E-state index in [4.69, 9.17) is 16.3 Å². The molecule has 1 saturated carbocycles. The fourth-order valence-electron chi connectivity index (χ4n) is 2.74. The number of nitrogens with zero attached hydrogens (tertiary/aromatic N) is 1. The van der Waals surface area contributed by atoms with E-state index in [1.54, 1.807) is 0 Å². The molecule has 0 spiro atoms. The lowest BCUT2D eigenvalue weighted by atomic mass is 9.93. The van der Waals surface area contributed by atoms with Crippen molar-refractivity contribution < 1.29 is 9.53 Å². The van der Waals surface area contributed by atoms with Crippen molar-refractivity contribution in [3.8, 4) is 0 Å². The summed E-state index contributed by atoms with van der Waals surface area (Å²) in [5.74, 6) is 0.184. The SMILES string of the molecule is CCOC(=O)C1(c2cccc(Cl)c2)CC1CN(C)C. The summed E-state index contributed by atoms with van der Waals surface area (Å²) in [5, 5.41) is 0.664. The van der Waals surface area contributed by atoms with Gasteiger partial charge in [-0.1, -0.05) is 23.7 Å². The zero-order chi connectivity index (χ0) is 14.0. The van der Waals surface area contributed by atoms with E-state index >= 15 is 0 Å². The quantitative estimate of drug-likeness (QED) is 0.777. The molecule has 4 heteroatoms. The molecule has 1 aromatic carbocycles. The smallest absolute Gasteiger partial charge is 0.316 e. The van der Waals surface area contributed by atoms with E-state index in [2.05, 4.69) is 4.90 Å². The van der Waals surface area contributed by atoms with Gasteiger partial charge in [-0.3, -0.25) is 4.79 Å². The fourth-order valence-corrected chi connectivity index (χ4v) is 2.93. The molecule has 104 valence electrons. The summed E-state index contributed by atoms with van der Waals surface area (Å²) in [6.45, 7) is 3.13. The Morgan fingerprint density at radius 2 is 2.26 bits per heavy atom. The topological polar surface area (TPSA) is 29.5 Å². The van der Waals surface area contributed by atoms with Crippen LogP contribution >= 0.6 is 11.6 Å². The molecule has 0 heterocycles.